The first kappa shape index (κ1) is 16.2. The highest BCUT2D eigenvalue weighted by atomic mass is 35.5. The lowest BCUT2D eigenvalue weighted by Crippen LogP contribution is -2.36. The number of nitrogens with zero attached hydrogens (tertiary/aromatic N) is 1. The molecular formula is C18H19ClN2OS. The summed E-state index contributed by atoms with van der Waals surface area (Å²) < 4.78 is 0. The van der Waals surface area contributed by atoms with Gasteiger partial charge in [0.1, 0.15) is 0 Å². The third-order valence-electron chi connectivity index (χ3n) is 3.86. The Hall–Kier alpha value is -1.65. The number of benzene rings is 2. The number of halogens is 1. The van der Waals surface area contributed by atoms with Crippen molar-refractivity contribution in [3.8, 4) is 0 Å². The number of amides is 1. The summed E-state index contributed by atoms with van der Waals surface area (Å²) in [7, 11) is 0. The lowest BCUT2D eigenvalue weighted by molar-refractivity contribution is -0.115. The number of aryl methyl sites for hydroxylation is 2. The largest absolute Gasteiger partial charge is 0.360 e. The Morgan fingerprint density at radius 2 is 2.09 bits per heavy atom. The van der Waals surface area contributed by atoms with Gasteiger partial charge in [0.2, 0.25) is 5.91 Å². The van der Waals surface area contributed by atoms with Gasteiger partial charge in [-0.3, -0.25) is 4.79 Å². The van der Waals surface area contributed by atoms with E-state index in [0.29, 0.717) is 17.3 Å². The zero-order chi connectivity index (χ0) is 16.4. The summed E-state index contributed by atoms with van der Waals surface area (Å²) in [5.41, 5.74) is 3.91. The number of hydrogen-bond acceptors (Lipinski definition) is 3. The highest BCUT2D eigenvalue weighted by molar-refractivity contribution is 7.99. The molecule has 23 heavy (non-hydrogen) atoms. The standard InChI is InChI=1S/C18H19ClN2OS/c1-12-9-13(2)18(14(19)10-12)20-17(22)11-21-7-8-23-16-6-4-3-5-15(16)21/h3-6,9-10H,7-8,11H2,1-2H3,(H,20,22). The molecular weight excluding hydrogens is 328 g/mol. The molecule has 1 amide bonds. The molecule has 1 aliphatic heterocycles. The summed E-state index contributed by atoms with van der Waals surface area (Å²) in [5.74, 6) is 0.954. The first-order chi connectivity index (χ1) is 11.0. The fourth-order valence-corrected chi connectivity index (χ4v) is 4.24. The second-order valence-electron chi connectivity index (χ2n) is 5.72. The number of nitrogens with one attached hydrogen (secondary N) is 1. The van der Waals surface area contributed by atoms with E-state index < -0.39 is 0 Å². The van der Waals surface area contributed by atoms with E-state index in [1.807, 2.05) is 49.9 Å². The average molecular weight is 347 g/mol. The number of carbonyl (C=O) groups excluding carboxylic acids is 1. The van der Waals surface area contributed by atoms with Crippen LogP contribution in [0.4, 0.5) is 11.4 Å². The molecule has 2 aromatic carbocycles. The van der Waals surface area contributed by atoms with Gasteiger partial charge in [-0.05, 0) is 43.2 Å². The van der Waals surface area contributed by atoms with Gasteiger partial charge in [0.25, 0.3) is 0 Å². The maximum absolute atomic E-state index is 12.5. The second-order valence-corrected chi connectivity index (χ2v) is 7.27. The molecule has 1 heterocycles. The number of fused-ring (bicyclic) bond motifs is 1. The average Bonchev–Trinajstić information content (AvgIpc) is 2.51. The van der Waals surface area contributed by atoms with E-state index in [0.717, 1.165) is 29.1 Å². The number of carbonyl (C=O) groups is 1. The van der Waals surface area contributed by atoms with Gasteiger partial charge in [-0.1, -0.05) is 29.8 Å². The van der Waals surface area contributed by atoms with Crippen LogP contribution < -0.4 is 10.2 Å². The van der Waals surface area contributed by atoms with Crippen LogP contribution in [-0.4, -0.2) is 24.7 Å². The highest BCUT2D eigenvalue weighted by Crippen LogP contribution is 2.34. The van der Waals surface area contributed by atoms with E-state index in [9.17, 15) is 4.79 Å². The monoisotopic (exact) mass is 346 g/mol. The summed E-state index contributed by atoms with van der Waals surface area (Å²) in [4.78, 5) is 15.8. The van der Waals surface area contributed by atoms with Crippen molar-refractivity contribution in [1.82, 2.24) is 0 Å². The molecule has 0 saturated heterocycles. The van der Waals surface area contributed by atoms with E-state index in [4.69, 9.17) is 11.6 Å². The van der Waals surface area contributed by atoms with Crippen LogP contribution >= 0.6 is 23.4 Å². The molecule has 0 aromatic heterocycles. The summed E-state index contributed by atoms with van der Waals surface area (Å²) in [5, 5.41) is 3.55. The Morgan fingerprint density at radius 3 is 2.87 bits per heavy atom. The molecule has 0 unspecified atom stereocenters. The van der Waals surface area contributed by atoms with Crippen molar-refractivity contribution in [2.75, 3.05) is 29.1 Å². The molecule has 0 atom stereocenters. The Balaban J connectivity index is 1.74. The summed E-state index contributed by atoms with van der Waals surface area (Å²) >= 11 is 8.11. The fourth-order valence-electron chi connectivity index (χ4n) is 2.82. The molecule has 0 radical (unpaired) electrons. The molecule has 0 saturated carbocycles. The molecule has 3 rings (SSSR count). The van der Waals surface area contributed by atoms with Crippen molar-refractivity contribution in [3.05, 3.63) is 52.5 Å². The van der Waals surface area contributed by atoms with Crippen LogP contribution in [0.3, 0.4) is 0 Å². The quantitative estimate of drug-likeness (QED) is 0.887. The van der Waals surface area contributed by atoms with Gasteiger partial charge in [0.15, 0.2) is 0 Å². The minimum atomic E-state index is -0.0412. The lowest BCUT2D eigenvalue weighted by Gasteiger charge is -2.30. The van der Waals surface area contributed by atoms with Crippen LogP contribution in [-0.2, 0) is 4.79 Å². The van der Waals surface area contributed by atoms with Crippen molar-refractivity contribution in [2.45, 2.75) is 18.7 Å². The number of rotatable bonds is 3. The van der Waals surface area contributed by atoms with Crippen LogP contribution in [0.15, 0.2) is 41.3 Å². The van der Waals surface area contributed by atoms with Crippen LogP contribution in [0, 0.1) is 13.8 Å². The normalized spacial score (nSPS) is 13.6. The Morgan fingerprint density at radius 1 is 1.30 bits per heavy atom. The minimum Gasteiger partial charge on any atom is -0.360 e. The zero-order valence-electron chi connectivity index (χ0n) is 13.2. The number of hydrogen-bond donors (Lipinski definition) is 1. The molecule has 5 heteroatoms. The maximum Gasteiger partial charge on any atom is 0.243 e. The Bertz CT molecular complexity index is 725. The first-order valence-corrected chi connectivity index (χ1v) is 8.94. The SMILES string of the molecule is Cc1cc(C)c(NC(=O)CN2CCSc3ccccc32)c(Cl)c1. The maximum atomic E-state index is 12.5. The zero-order valence-corrected chi connectivity index (χ0v) is 14.8. The van der Waals surface area contributed by atoms with E-state index in [1.54, 1.807) is 0 Å². The molecule has 0 bridgehead atoms. The van der Waals surface area contributed by atoms with Crippen LogP contribution in [0.25, 0.3) is 0 Å². The first-order valence-electron chi connectivity index (χ1n) is 7.58. The lowest BCUT2D eigenvalue weighted by atomic mass is 10.1. The Kier molecular flexibility index (Phi) is 4.83. The summed E-state index contributed by atoms with van der Waals surface area (Å²) in [6.07, 6.45) is 0. The smallest absolute Gasteiger partial charge is 0.243 e. The molecule has 0 spiro atoms. The summed E-state index contributed by atoms with van der Waals surface area (Å²) in [6, 6.07) is 12.1. The molecule has 1 N–H and O–H groups in total. The number of thioether (sulfide) groups is 1. The van der Waals surface area contributed by atoms with Gasteiger partial charge in [-0.15, -0.1) is 11.8 Å². The number of anilines is 2. The van der Waals surface area contributed by atoms with Crippen LogP contribution in [0.1, 0.15) is 11.1 Å². The van der Waals surface area contributed by atoms with E-state index in [1.165, 1.54) is 4.90 Å². The molecule has 0 aliphatic carbocycles. The predicted octanol–water partition coefficient (Wildman–Crippen LogP) is 4.51. The summed E-state index contributed by atoms with van der Waals surface area (Å²) in [6.45, 7) is 5.16. The van der Waals surface area contributed by atoms with Gasteiger partial charge in [-0.25, -0.2) is 0 Å². The minimum absolute atomic E-state index is 0.0412. The third kappa shape index (κ3) is 3.65. The van der Waals surface area contributed by atoms with Gasteiger partial charge in [-0.2, -0.15) is 0 Å². The van der Waals surface area contributed by atoms with E-state index >= 15 is 0 Å². The highest BCUT2D eigenvalue weighted by Gasteiger charge is 2.19. The van der Waals surface area contributed by atoms with Crippen molar-refractivity contribution < 1.29 is 4.79 Å². The topological polar surface area (TPSA) is 32.3 Å². The van der Waals surface area contributed by atoms with Gasteiger partial charge in [0.05, 0.1) is 22.9 Å². The number of para-hydroxylation sites is 1. The Labute approximate surface area is 146 Å². The molecule has 120 valence electrons. The van der Waals surface area contributed by atoms with Gasteiger partial charge in [0, 0.05) is 17.2 Å². The van der Waals surface area contributed by atoms with Gasteiger partial charge < -0.3 is 10.2 Å². The molecule has 1 aliphatic rings. The fraction of sp³-hybridized carbons (Fsp3) is 0.278. The van der Waals surface area contributed by atoms with E-state index in [-0.39, 0.29) is 5.91 Å². The molecule has 0 fully saturated rings. The van der Waals surface area contributed by atoms with Crippen LogP contribution in [0.2, 0.25) is 5.02 Å². The van der Waals surface area contributed by atoms with Crippen molar-refractivity contribution in [3.63, 3.8) is 0 Å². The molecule has 3 nitrogen and oxygen atoms in total. The van der Waals surface area contributed by atoms with Crippen molar-refractivity contribution in [1.29, 1.82) is 0 Å². The van der Waals surface area contributed by atoms with Crippen molar-refractivity contribution >= 4 is 40.6 Å². The predicted molar refractivity (Wildman–Crippen MR) is 98.9 cm³/mol. The second kappa shape index (κ2) is 6.85. The van der Waals surface area contributed by atoms with Crippen molar-refractivity contribution in [2.24, 2.45) is 0 Å². The molecule has 2 aromatic rings. The van der Waals surface area contributed by atoms with Crippen LogP contribution in [0.5, 0.6) is 0 Å². The van der Waals surface area contributed by atoms with Gasteiger partial charge >= 0.3 is 0 Å². The van der Waals surface area contributed by atoms with E-state index in [2.05, 4.69) is 22.3 Å². The third-order valence-corrected chi connectivity index (χ3v) is 5.20.